The zero-order valence-electron chi connectivity index (χ0n) is 21.1. The van der Waals surface area contributed by atoms with Gasteiger partial charge in [0.15, 0.2) is 0 Å². The number of rotatable bonds is 3. The van der Waals surface area contributed by atoms with Crippen LogP contribution in [0.25, 0.3) is 0 Å². The zero-order valence-corrected chi connectivity index (χ0v) is 21.1. The molecule has 0 aliphatic carbocycles. The Hall–Kier alpha value is -2.96. The highest BCUT2D eigenvalue weighted by Gasteiger charge is 2.38. The molecule has 1 aromatic heterocycles. The number of hydrogen-bond donors (Lipinski definition) is 0. The van der Waals surface area contributed by atoms with Crippen molar-refractivity contribution in [2.24, 2.45) is 11.3 Å². The molecular formula is C28H38N4O3. The second-order valence-electron chi connectivity index (χ2n) is 10.5. The molecule has 0 radical (unpaired) electrons. The molecule has 7 nitrogen and oxygen atoms in total. The molecule has 0 saturated carbocycles. The van der Waals surface area contributed by atoms with Gasteiger partial charge in [0.25, 0.3) is 5.91 Å². The first-order valence-corrected chi connectivity index (χ1v) is 13.0. The molecule has 3 heterocycles. The van der Waals surface area contributed by atoms with Crippen molar-refractivity contribution in [3.63, 3.8) is 0 Å². The first-order valence-electron chi connectivity index (χ1n) is 13.0. The summed E-state index contributed by atoms with van der Waals surface area (Å²) in [5.74, 6) is 1.42. The third-order valence-corrected chi connectivity index (χ3v) is 7.35. The Kier molecular flexibility index (Phi) is 8.37. The van der Waals surface area contributed by atoms with Crippen LogP contribution in [0.1, 0.15) is 68.4 Å². The van der Waals surface area contributed by atoms with E-state index >= 15 is 0 Å². The molecule has 0 unspecified atom stereocenters. The standard InChI is InChI=1S/C28H38N4O3/c1-22(2)19-26(33)31-15-11-28(12-16-31)10-6-5-8-23-7-3-4-9-25(23)35-18-17-32(21-28)27(34)24-20-29-13-14-30-24/h3-4,7,9,13-14,20,22H,5-6,8,10-12,15-19,21H2,1-2H3. The number of para-hydroxylation sites is 1. The van der Waals surface area contributed by atoms with Gasteiger partial charge < -0.3 is 14.5 Å². The lowest BCUT2D eigenvalue weighted by molar-refractivity contribution is -0.134. The highest BCUT2D eigenvalue weighted by atomic mass is 16.5. The topological polar surface area (TPSA) is 75.6 Å². The Balaban J connectivity index is 1.54. The van der Waals surface area contributed by atoms with Crippen molar-refractivity contribution in [3.8, 4) is 5.75 Å². The molecule has 0 atom stereocenters. The molecule has 1 saturated heterocycles. The predicted molar refractivity (Wildman–Crippen MR) is 135 cm³/mol. The van der Waals surface area contributed by atoms with Crippen molar-refractivity contribution in [2.75, 3.05) is 32.8 Å². The number of nitrogens with zero attached hydrogens (tertiary/aromatic N) is 4. The van der Waals surface area contributed by atoms with Gasteiger partial charge in [-0.25, -0.2) is 4.98 Å². The molecular weight excluding hydrogens is 440 g/mol. The average Bonchev–Trinajstić information content (AvgIpc) is 2.86. The van der Waals surface area contributed by atoms with Crippen LogP contribution < -0.4 is 4.74 Å². The second-order valence-corrected chi connectivity index (χ2v) is 10.5. The highest BCUT2D eigenvalue weighted by Crippen LogP contribution is 2.39. The van der Waals surface area contributed by atoms with E-state index < -0.39 is 0 Å². The first kappa shape index (κ1) is 25.1. The smallest absolute Gasteiger partial charge is 0.274 e. The maximum atomic E-state index is 13.5. The van der Waals surface area contributed by atoms with E-state index in [2.05, 4.69) is 35.9 Å². The summed E-state index contributed by atoms with van der Waals surface area (Å²) in [5.41, 5.74) is 1.58. The summed E-state index contributed by atoms with van der Waals surface area (Å²) in [6, 6.07) is 8.21. The third-order valence-electron chi connectivity index (χ3n) is 7.35. The normalized spacial score (nSPS) is 18.8. The molecule has 188 valence electrons. The molecule has 0 N–H and O–H groups in total. The number of amides is 2. The van der Waals surface area contributed by atoms with E-state index in [0.29, 0.717) is 37.7 Å². The molecule has 1 aromatic carbocycles. The lowest BCUT2D eigenvalue weighted by atomic mass is 9.73. The molecule has 2 amide bonds. The van der Waals surface area contributed by atoms with E-state index in [0.717, 1.165) is 57.4 Å². The monoisotopic (exact) mass is 478 g/mol. The molecule has 4 rings (SSSR count). The summed E-state index contributed by atoms with van der Waals surface area (Å²) >= 11 is 0. The third kappa shape index (κ3) is 6.59. The molecule has 1 fully saturated rings. The summed E-state index contributed by atoms with van der Waals surface area (Å²) in [7, 11) is 0. The number of hydrogen-bond acceptors (Lipinski definition) is 5. The number of carbonyl (C=O) groups excluding carboxylic acids is 2. The van der Waals surface area contributed by atoms with Gasteiger partial charge in [0.1, 0.15) is 18.1 Å². The van der Waals surface area contributed by atoms with Crippen LogP contribution in [0.2, 0.25) is 0 Å². The molecule has 2 aromatic rings. The Bertz CT molecular complexity index is 987. The number of likely N-dealkylation sites (tertiary alicyclic amines) is 1. The van der Waals surface area contributed by atoms with E-state index in [1.807, 2.05) is 21.9 Å². The van der Waals surface area contributed by atoms with Crippen molar-refractivity contribution in [1.82, 2.24) is 19.8 Å². The minimum Gasteiger partial charge on any atom is -0.491 e. The Morgan fingerprint density at radius 1 is 1.03 bits per heavy atom. The summed E-state index contributed by atoms with van der Waals surface area (Å²) in [6.45, 7) is 7.27. The number of benzene rings is 1. The van der Waals surface area contributed by atoms with Crippen LogP contribution in [0.5, 0.6) is 5.75 Å². The van der Waals surface area contributed by atoms with Crippen LogP contribution in [0.4, 0.5) is 0 Å². The van der Waals surface area contributed by atoms with Gasteiger partial charge in [0, 0.05) is 38.4 Å². The van der Waals surface area contributed by atoms with Crippen LogP contribution in [0.15, 0.2) is 42.9 Å². The molecule has 2 aliphatic rings. The maximum Gasteiger partial charge on any atom is 0.274 e. The van der Waals surface area contributed by atoms with Crippen LogP contribution >= 0.6 is 0 Å². The first-order chi connectivity index (χ1) is 17.0. The molecule has 7 heteroatoms. The van der Waals surface area contributed by atoms with Crippen LogP contribution in [-0.4, -0.2) is 64.4 Å². The van der Waals surface area contributed by atoms with Crippen LogP contribution in [0, 0.1) is 11.3 Å². The van der Waals surface area contributed by atoms with Gasteiger partial charge in [0.05, 0.1) is 12.7 Å². The van der Waals surface area contributed by atoms with Crippen molar-refractivity contribution < 1.29 is 14.3 Å². The fourth-order valence-corrected chi connectivity index (χ4v) is 5.36. The minimum absolute atomic E-state index is 0.00874. The number of carbonyl (C=O) groups is 2. The molecule has 1 spiro atoms. The van der Waals surface area contributed by atoms with E-state index in [9.17, 15) is 9.59 Å². The van der Waals surface area contributed by atoms with Gasteiger partial charge in [-0.05, 0) is 55.1 Å². The summed E-state index contributed by atoms with van der Waals surface area (Å²) in [4.78, 5) is 38.5. The lowest BCUT2D eigenvalue weighted by Gasteiger charge is -2.45. The lowest BCUT2D eigenvalue weighted by Crippen LogP contribution is -2.50. The Morgan fingerprint density at radius 2 is 1.83 bits per heavy atom. The number of aryl methyl sites for hydroxylation is 1. The highest BCUT2D eigenvalue weighted by molar-refractivity contribution is 5.92. The van der Waals surface area contributed by atoms with E-state index in [-0.39, 0.29) is 17.2 Å². The number of piperidine rings is 1. The van der Waals surface area contributed by atoms with Gasteiger partial charge in [-0.2, -0.15) is 0 Å². The maximum absolute atomic E-state index is 13.5. The fourth-order valence-electron chi connectivity index (χ4n) is 5.36. The van der Waals surface area contributed by atoms with Crippen molar-refractivity contribution in [3.05, 3.63) is 54.1 Å². The van der Waals surface area contributed by atoms with Gasteiger partial charge >= 0.3 is 0 Å². The predicted octanol–water partition coefficient (Wildman–Crippen LogP) is 4.38. The quantitative estimate of drug-likeness (QED) is 0.654. The molecule has 2 aliphatic heterocycles. The van der Waals surface area contributed by atoms with Gasteiger partial charge in [-0.3, -0.25) is 14.6 Å². The average molecular weight is 479 g/mol. The Morgan fingerprint density at radius 3 is 2.57 bits per heavy atom. The minimum atomic E-state index is -0.107. The van der Waals surface area contributed by atoms with Gasteiger partial charge in [0.2, 0.25) is 5.91 Å². The van der Waals surface area contributed by atoms with Crippen molar-refractivity contribution in [2.45, 2.75) is 58.8 Å². The SMILES string of the molecule is CC(C)CC(=O)N1CCC2(CCCCc3ccccc3OCCN(C(=O)c3cnccn3)C2)CC1. The van der Waals surface area contributed by atoms with Gasteiger partial charge in [-0.1, -0.05) is 38.5 Å². The van der Waals surface area contributed by atoms with Crippen LogP contribution in [-0.2, 0) is 11.2 Å². The zero-order chi connectivity index (χ0) is 24.7. The van der Waals surface area contributed by atoms with Crippen molar-refractivity contribution in [1.29, 1.82) is 0 Å². The second kappa shape index (κ2) is 11.6. The van der Waals surface area contributed by atoms with E-state index in [4.69, 9.17) is 4.74 Å². The number of fused-ring (bicyclic) bond motifs is 1. The van der Waals surface area contributed by atoms with Crippen molar-refractivity contribution >= 4 is 11.8 Å². The summed E-state index contributed by atoms with van der Waals surface area (Å²) in [6.07, 6.45) is 11.3. The van der Waals surface area contributed by atoms with E-state index in [1.165, 1.54) is 11.8 Å². The number of ether oxygens (including phenoxy) is 1. The Labute approximate surface area is 208 Å². The van der Waals surface area contributed by atoms with Crippen LogP contribution in [0.3, 0.4) is 0 Å². The fraction of sp³-hybridized carbons (Fsp3) is 0.571. The van der Waals surface area contributed by atoms with Gasteiger partial charge in [-0.15, -0.1) is 0 Å². The summed E-state index contributed by atoms with van der Waals surface area (Å²) in [5, 5.41) is 0. The number of aromatic nitrogens is 2. The molecule has 35 heavy (non-hydrogen) atoms. The largest absolute Gasteiger partial charge is 0.491 e. The molecule has 0 bridgehead atoms. The van der Waals surface area contributed by atoms with E-state index in [1.54, 1.807) is 12.4 Å². The summed E-state index contributed by atoms with van der Waals surface area (Å²) < 4.78 is 6.16.